The SMILES string of the molecule is Cc1cc(N2CCCC2)ccc1NC(=O)CC1C=CCC1. The molecule has 21 heavy (non-hydrogen) atoms. The molecule has 1 atom stereocenters. The van der Waals surface area contributed by atoms with E-state index in [2.05, 4.69) is 41.4 Å². The Morgan fingerprint density at radius 3 is 2.81 bits per heavy atom. The monoisotopic (exact) mass is 284 g/mol. The average Bonchev–Trinajstić information content (AvgIpc) is 3.13. The van der Waals surface area contributed by atoms with E-state index in [9.17, 15) is 4.79 Å². The molecule has 3 nitrogen and oxygen atoms in total. The quantitative estimate of drug-likeness (QED) is 0.851. The summed E-state index contributed by atoms with van der Waals surface area (Å²) in [5.41, 5.74) is 3.38. The summed E-state index contributed by atoms with van der Waals surface area (Å²) in [5.74, 6) is 0.553. The van der Waals surface area contributed by atoms with Crippen molar-refractivity contribution in [3.63, 3.8) is 0 Å². The molecule has 0 radical (unpaired) electrons. The highest BCUT2D eigenvalue weighted by Gasteiger charge is 2.16. The topological polar surface area (TPSA) is 32.3 Å². The molecule has 2 aliphatic rings. The fraction of sp³-hybridized carbons (Fsp3) is 0.500. The number of nitrogens with one attached hydrogen (secondary N) is 1. The lowest BCUT2D eigenvalue weighted by atomic mass is 10.0. The minimum absolute atomic E-state index is 0.128. The second kappa shape index (κ2) is 6.33. The minimum atomic E-state index is 0.128. The van der Waals surface area contributed by atoms with Gasteiger partial charge in [0.1, 0.15) is 0 Å². The second-order valence-electron chi connectivity index (χ2n) is 6.21. The van der Waals surface area contributed by atoms with Gasteiger partial charge in [-0.2, -0.15) is 0 Å². The first kappa shape index (κ1) is 14.2. The Morgan fingerprint density at radius 1 is 1.33 bits per heavy atom. The van der Waals surface area contributed by atoms with Gasteiger partial charge in [0.15, 0.2) is 0 Å². The number of nitrogens with zero attached hydrogens (tertiary/aromatic N) is 1. The fourth-order valence-electron chi connectivity index (χ4n) is 3.26. The fourth-order valence-corrected chi connectivity index (χ4v) is 3.26. The molecule has 1 aliphatic carbocycles. The van der Waals surface area contributed by atoms with Gasteiger partial charge in [0.25, 0.3) is 0 Å². The van der Waals surface area contributed by atoms with Gasteiger partial charge >= 0.3 is 0 Å². The van der Waals surface area contributed by atoms with Crippen molar-refractivity contribution in [1.29, 1.82) is 0 Å². The molecule has 1 unspecified atom stereocenters. The molecule has 1 amide bonds. The molecule has 1 N–H and O–H groups in total. The van der Waals surface area contributed by atoms with Crippen LogP contribution in [0.25, 0.3) is 0 Å². The van der Waals surface area contributed by atoms with E-state index in [1.165, 1.54) is 18.5 Å². The van der Waals surface area contributed by atoms with Gasteiger partial charge < -0.3 is 10.2 Å². The van der Waals surface area contributed by atoms with E-state index in [0.717, 1.165) is 37.2 Å². The van der Waals surface area contributed by atoms with Gasteiger partial charge in [0, 0.05) is 30.9 Å². The van der Waals surface area contributed by atoms with Crippen molar-refractivity contribution in [3.05, 3.63) is 35.9 Å². The van der Waals surface area contributed by atoms with Crippen LogP contribution in [0.4, 0.5) is 11.4 Å². The molecule has 1 aromatic rings. The van der Waals surface area contributed by atoms with Gasteiger partial charge in [0.05, 0.1) is 0 Å². The van der Waals surface area contributed by atoms with E-state index in [0.29, 0.717) is 12.3 Å². The molecule has 0 aromatic heterocycles. The number of amides is 1. The predicted molar refractivity (Wildman–Crippen MR) is 87.7 cm³/mol. The summed E-state index contributed by atoms with van der Waals surface area (Å²) in [6.07, 6.45) is 9.74. The van der Waals surface area contributed by atoms with Crippen molar-refractivity contribution in [3.8, 4) is 0 Å². The third-order valence-corrected chi connectivity index (χ3v) is 4.52. The van der Waals surface area contributed by atoms with Crippen molar-refractivity contribution in [2.24, 2.45) is 5.92 Å². The zero-order valence-electron chi connectivity index (χ0n) is 12.8. The number of carbonyl (C=O) groups is 1. The predicted octanol–water partition coefficient (Wildman–Crippen LogP) is 3.89. The standard InChI is InChI=1S/C18H24N2O/c1-14-12-16(20-10-4-5-11-20)8-9-17(14)19-18(21)13-15-6-2-3-7-15/h2,6,8-9,12,15H,3-5,7,10-11,13H2,1H3,(H,19,21). The van der Waals surface area contributed by atoms with Crippen molar-refractivity contribution in [2.75, 3.05) is 23.3 Å². The number of hydrogen-bond donors (Lipinski definition) is 1. The lowest BCUT2D eigenvalue weighted by molar-refractivity contribution is -0.116. The molecule has 3 rings (SSSR count). The van der Waals surface area contributed by atoms with Crippen LogP contribution in [0.3, 0.4) is 0 Å². The highest BCUT2D eigenvalue weighted by molar-refractivity contribution is 5.92. The minimum Gasteiger partial charge on any atom is -0.372 e. The van der Waals surface area contributed by atoms with Crippen molar-refractivity contribution in [1.82, 2.24) is 0 Å². The molecule has 3 heteroatoms. The zero-order chi connectivity index (χ0) is 14.7. The lowest BCUT2D eigenvalue weighted by Crippen LogP contribution is -2.18. The summed E-state index contributed by atoms with van der Waals surface area (Å²) in [4.78, 5) is 14.5. The van der Waals surface area contributed by atoms with Gasteiger partial charge in [-0.05, 0) is 62.3 Å². The number of benzene rings is 1. The van der Waals surface area contributed by atoms with E-state index < -0.39 is 0 Å². The maximum Gasteiger partial charge on any atom is 0.224 e. The van der Waals surface area contributed by atoms with E-state index in [4.69, 9.17) is 0 Å². The molecule has 1 aliphatic heterocycles. The smallest absolute Gasteiger partial charge is 0.224 e. The highest BCUT2D eigenvalue weighted by Crippen LogP contribution is 2.26. The first-order chi connectivity index (χ1) is 10.2. The van der Waals surface area contributed by atoms with Crippen LogP contribution < -0.4 is 10.2 Å². The summed E-state index contributed by atoms with van der Waals surface area (Å²) in [7, 11) is 0. The maximum absolute atomic E-state index is 12.1. The van der Waals surface area contributed by atoms with Crippen molar-refractivity contribution >= 4 is 17.3 Å². The van der Waals surface area contributed by atoms with E-state index in [1.54, 1.807) is 0 Å². The largest absolute Gasteiger partial charge is 0.372 e. The Bertz CT molecular complexity index is 544. The molecule has 0 bridgehead atoms. The molecular formula is C18H24N2O. The first-order valence-corrected chi connectivity index (χ1v) is 8.04. The lowest BCUT2D eigenvalue weighted by Gasteiger charge is -2.19. The molecule has 112 valence electrons. The van der Waals surface area contributed by atoms with E-state index >= 15 is 0 Å². The Balaban J connectivity index is 1.62. The second-order valence-corrected chi connectivity index (χ2v) is 6.21. The van der Waals surface area contributed by atoms with Crippen LogP contribution in [-0.2, 0) is 4.79 Å². The molecule has 1 saturated heterocycles. The average molecular weight is 284 g/mol. The molecule has 1 fully saturated rings. The van der Waals surface area contributed by atoms with Crippen LogP contribution in [0.2, 0.25) is 0 Å². The van der Waals surface area contributed by atoms with Crippen molar-refractivity contribution < 1.29 is 4.79 Å². The van der Waals surface area contributed by atoms with Crippen LogP contribution in [0, 0.1) is 12.8 Å². The Hall–Kier alpha value is -1.77. The van der Waals surface area contributed by atoms with Gasteiger partial charge in [-0.1, -0.05) is 12.2 Å². The Labute approximate surface area is 127 Å². The number of aryl methyl sites for hydroxylation is 1. The van der Waals surface area contributed by atoms with Gasteiger partial charge in [-0.25, -0.2) is 0 Å². The number of anilines is 2. The third kappa shape index (κ3) is 3.46. The van der Waals surface area contributed by atoms with Crippen LogP contribution in [0.15, 0.2) is 30.4 Å². The van der Waals surface area contributed by atoms with E-state index in [-0.39, 0.29) is 5.91 Å². The van der Waals surface area contributed by atoms with E-state index in [1.807, 2.05) is 6.07 Å². The van der Waals surface area contributed by atoms with Crippen molar-refractivity contribution in [2.45, 2.75) is 39.0 Å². The molecule has 1 heterocycles. The van der Waals surface area contributed by atoms with Gasteiger partial charge in [-0.15, -0.1) is 0 Å². The number of hydrogen-bond acceptors (Lipinski definition) is 2. The molecular weight excluding hydrogens is 260 g/mol. The third-order valence-electron chi connectivity index (χ3n) is 4.52. The molecule has 1 aromatic carbocycles. The van der Waals surface area contributed by atoms with Gasteiger partial charge in [0.2, 0.25) is 5.91 Å². The summed E-state index contributed by atoms with van der Waals surface area (Å²) in [6, 6.07) is 6.37. The summed E-state index contributed by atoms with van der Waals surface area (Å²) < 4.78 is 0. The Morgan fingerprint density at radius 2 is 2.14 bits per heavy atom. The molecule has 0 saturated carbocycles. The number of allylic oxidation sites excluding steroid dienone is 2. The normalized spacial score (nSPS) is 21.0. The van der Waals surface area contributed by atoms with Crippen LogP contribution in [-0.4, -0.2) is 19.0 Å². The van der Waals surface area contributed by atoms with Crippen LogP contribution in [0.1, 0.15) is 37.7 Å². The zero-order valence-corrected chi connectivity index (χ0v) is 12.8. The Kier molecular flexibility index (Phi) is 4.28. The number of carbonyl (C=O) groups excluding carboxylic acids is 1. The maximum atomic E-state index is 12.1. The summed E-state index contributed by atoms with van der Waals surface area (Å²) >= 11 is 0. The van der Waals surface area contributed by atoms with Crippen LogP contribution >= 0.6 is 0 Å². The highest BCUT2D eigenvalue weighted by atomic mass is 16.1. The summed E-state index contributed by atoms with van der Waals surface area (Å²) in [5, 5.41) is 3.06. The number of rotatable bonds is 4. The van der Waals surface area contributed by atoms with Crippen LogP contribution in [0.5, 0.6) is 0 Å². The van der Waals surface area contributed by atoms with Gasteiger partial charge in [-0.3, -0.25) is 4.79 Å². The first-order valence-electron chi connectivity index (χ1n) is 8.04. The summed E-state index contributed by atoms with van der Waals surface area (Å²) in [6.45, 7) is 4.38. The molecule has 0 spiro atoms.